The monoisotopic (exact) mass is 216 g/mol. The zero-order valence-electron chi connectivity index (χ0n) is 8.95. The summed E-state index contributed by atoms with van der Waals surface area (Å²) in [6.45, 7) is 8.60. The zero-order valence-corrected chi connectivity index (χ0v) is 9.84. The van der Waals surface area contributed by atoms with Gasteiger partial charge in [-0.3, -0.25) is 9.09 Å². The highest BCUT2D eigenvalue weighted by Gasteiger charge is 2.27. The molecule has 0 fully saturated rings. The standard InChI is InChI=1S/C10H17O3P/c1-6-8-9-12-14(5,11)13-10(3,4)7-2/h2,6H,1,8-9H2,3-5H3. The van der Waals surface area contributed by atoms with E-state index in [1.165, 1.54) is 6.66 Å². The maximum atomic E-state index is 11.7. The zero-order chi connectivity index (χ0) is 11.2. The van der Waals surface area contributed by atoms with Crippen molar-refractivity contribution < 1.29 is 13.6 Å². The topological polar surface area (TPSA) is 35.5 Å². The third-order valence-electron chi connectivity index (χ3n) is 1.39. The summed E-state index contributed by atoms with van der Waals surface area (Å²) in [5.74, 6) is 2.39. The molecule has 0 aromatic rings. The van der Waals surface area contributed by atoms with Gasteiger partial charge in [0.15, 0.2) is 0 Å². The maximum absolute atomic E-state index is 11.7. The fourth-order valence-corrected chi connectivity index (χ4v) is 2.14. The molecular weight excluding hydrogens is 199 g/mol. The third-order valence-corrected chi connectivity index (χ3v) is 2.83. The van der Waals surface area contributed by atoms with Crippen molar-refractivity contribution >= 4 is 7.60 Å². The lowest BCUT2D eigenvalue weighted by Gasteiger charge is -2.23. The van der Waals surface area contributed by atoms with Crippen molar-refractivity contribution in [3.63, 3.8) is 0 Å². The van der Waals surface area contributed by atoms with E-state index in [1.54, 1.807) is 19.9 Å². The molecular formula is C10H17O3P. The minimum atomic E-state index is -3.05. The van der Waals surface area contributed by atoms with Crippen LogP contribution >= 0.6 is 7.60 Å². The molecule has 0 rings (SSSR count). The first-order valence-electron chi connectivity index (χ1n) is 4.34. The molecule has 1 atom stereocenters. The van der Waals surface area contributed by atoms with Gasteiger partial charge in [0.2, 0.25) is 0 Å². The van der Waals surface area contributed by atoms with E-state index in [2.05, 4.69) is 12.5 Å². The first-order chi connectivity index (χ1) is 6.33. The fourth-order valence-electron chi connectivity index (χ4n) is 0.769. The Labute approximate surface area is 86.0 Å². The van der Waals surface area contributed by atoms with Gasteiger partial charge in [0.25, 0.3) is 0 Å². The van der Waals surface area contributed by atoms with E-state index in [0.717, 1.165) is 0 Å². The minimum Gasteiger partial charge on any atom is -0.308 e. The summed E-state index contributed by atoms with van der Waals surface area (Å²) in [5.41, 5.74) is -0.863. The lowest BCUT2D eigenvalue weighted by Crippen LogP contribution is -2.20. The van der Waals surface area contributed by atoms with E-state index in [-0.39, 0.29) is 0 Å². The fraction of sp³-hybridized carbons (Fsp3) is 0.600. The van der Waals surface area contributed by atoms with E-state index in [9.17, 15) is 4.57 Å². The lowest BCUT2D eigenvalue weighted by atomic mass is 10.2. The summed E-state index contributed by atoms with van der Waals surface area (Å²) >= 11 is 0. The molecule has 14 heavy (non-hydrogen) atoms. The summed E-state index contributed by atoms with van der Waals surface area (Å²) in [7, 11) is -3.05. The van der Waals surface area contributed by atoms with Gasteiger partial charge < -0.3 is 4.52 Å². The van der Waals surface area contributed by atoms with Crippen LogP contribution in [0.5, 0.6) is 0 Å². The van der Waals surface area contributed by atoms with Crippen LogP contribution in [0.3, 0.4) is 0 Å². The molecule has 4 heteroatoms. The second-order valence-electron chi connectivity index (χ2n) is 3.43. The number of rotatable bonds is 6. The average Bonchev–Trinajstić information content (AvgIpc) is 2.03. The van der Waals surface area contributed by atoms with Gasteiger partial charge >= 0.3 is 7.60 Å². The normalized spacial score (nSPS) is 15.6. The van der Waals surface area contributed by atoms with Gasteiger partial charge in [-0.15, -0.1) is 13.0 Å². The molecule has 0 bridgehead atoms. The van der Waals surface area contributed by atoms with Crippen molar-refractivity contribution in [2.75, 3.05) is 13.3 Å². The van der Waals surface area contributed by atoms with Gasteiger partial charge in [0, 0.05) is 6.66 Å². The first-order valence-corrected chi connectivity index (χ1v) is 6.33. The quantitative estimate of drug-likeness (QED) is 0.296. The smallest absolute Gasteiger partial charge is 0.308 e. The Kier molecular flexibility index (Phi) is 5.15. The molecule has 0 spiro atoms. The Hall–Kier alpha value is -0.550. The summed E-state index contributed by atoms with van der Waals surface area (Å²) in [5, 5.41) is 0. The number of hydrogen-bond donors (Lipinski definition) is 0. The molecule has 0 N–H and O–H groups in total. The molecule has 1 unspecified atom stereocenters. The van der Waals surface area contributed by atoms with Crippen molar-refractivity contribution in [1.82, 2.24) is 0 Å². The van der Waals surface area contributed by atoms with Gasteiger partial charge in [-0.1, -0.05) is 12.0 Å². The van der Waals surface area contributed by atoms with Crippen molar-refractivity contribution in [3.8, 4) is 12.3 Å². The summed E-state index contributed by atoms with van der Waals surface area (Å²) in [6.07, 6.45) is 7.52. The Bertz CT molecular complexity index is 276. The van der Waals surface area contributed by atoms with Crippen molar-refractivity contribution in [3.05, 3.63) is 12.7 Å². The van der Waals surface area contributed by atoms with Gasteiger partial charge in [-0.05, 0) is 20.3 Å². The molecule has 0 aliphatic carbocycles. The molecule has 0 heterocycles. The Balaban J connectivity index is 4.15. The van der Waals surface area contributed by atoms with Crippen LogP contribution in [0, 0.1) is 12.3 Å². The second-order valence-corrected chi connectivity index (χ2v) is 5.41. The number of terminal acetylenes is 1. The van der Waals surface area contributed by atoms with E-state index < -0.39 is 13.2 Å². The van der Waals surface area contributed by atoms with E-state index in [1.807, 2.05) is 0 Å². The minimum absolute atomic E-state index is 0.331. The van der Waals surface area contributed by atoms with Crippen molar-refractivity contribution in [2.24, 2.45) is 0 Å². The van der Waals surface area contributed by atoms with Crippen LogP contribution in [0.1, 0.15) is 20.3 Å². The molecule has 80 valence electrons. The van der Waals surface area contributed by atoms with Gasteiger partial charge in [-0.2, -0.15) is 0 Å². The Morgan fingerprint density at radius 1 is 1.64 bits per heavy atom. The van der Waals surface area contributed by atoms with Gasteiger partial charge in [0.1, 0.15) is 5.60 Å². The highest BCUT2D eigenvalue weighted by molar-refractivity contribution is 7.53. The molecule has 0 saturated carbocycles. The average molecular weight is 216 g/mol. The van der Waals surface area contributed by atoms with Crippen LogP contribution in [-0.2, 0) is 13.6 Å². The van der Waals surface area contributed by atoms with Crippen LogP contribution in [0.15, 0.2) is 12.7 Å². The lowest BCUT2D eigenvalue weighted by molar-refractivity contribution is 0.129. The summed E-state index contributed by atoms with van der Waals surface area (Å²) < 4.78 is 21.9. The summed E-state index contributed by atoms with van der Waals surface area (Å²) in [4.78, 5) is 0. The SMILES string of the molecule is C#CC(C)(C)OP(C)(=O)OCCC=C. The molecule has 0 aromatic heterocycles. The van der Waals surface area contributed by atoms with E-state index in [4.69, 9.17) is 15.5 Å². The molecule has 0 aliphatic rings. The van der Waals surface area contributed by atoms with Crippen molar-refractivity contribution in [1.29, 1.82) is 0 Å². The van der Waals surface area contributed by atoms with Crippen LogP contribution < -0.4 is 0 Å². The highest BCUT2D eigenvalue weighted by atomic mass is 31.2. The van der Waals surface area contributed by atoms with E-state index >= 15 is 0 Å². The molecule has 3 nitrogen and oxygen atoms in total. The van der Waals surface area contributed by atoms with Gasteiger partial charge in [0.05, 0.1) is 6.61 Å². The third kappa shape index (κ3) is 5.99. The molecule has 0 amide bonds. The highest BCUT2D eigenvalue weighted by Crippen LogP contribution is 2.47. The van der Waals surface area contributed by atoms with Crippen LogP contribution in [-0.4, -0.2) is 18.9 Å². The van der Waals surface area contributed by atoms with Crippen LogP contribution in [0.25, 0.3) is 0 Å². The Morgan fingerprint density at radius 3 is 2.64 bits per heavy atom. The van der Waals surface area contributed by atoms with Crippen molar-refractivity contribution in [2.45, 2.75) is 25.9 Å². The maximum Gasteiger partial charge on any atom is 0.329 e. The van der Waals surface area contributed by atoms with Crippen LogP contribution in [0.4, 0.5) is 0 Å². The first kappa shape index (κ1) is 13.4. The molecule has 0 radical (unpaired) electrons. The predicted molar refractivity (Wildman–Crippen MR) is 58.3 cm³/mol. The molecule has 0 aromatic carbocycles. The van der Waals surface area contributed by atoms with Crippen LogP contribution in [0.2, 0.25) is 0 Å². The molecule has 0 saturated heterocycles. The van der Waals surface area contributed by atoms with Gasteiger partial charge in [-0.25, -0.2) is 0 Å². The number of hydrogen-bond acceptors (Lipinski definition) is 3. The molecule has 0 aliphatic heterocycles. The Morgan fingerprint density at radius 2 is 2.21 bits per heavy atom. The largest absolute Gasteiger partial charge is 0.329 e. The van der Waals surface area contributed by atoms with E-state index in [0.29, 0.717) is 13.0 Å². The second kappa shape index (κ2) is 5.36. The predicted octanol–water partition coefficient (Wildman–Crippen LogP) is 2.83. The summed E-state index contributed by atoms with van der Waals surface area (Å²) in [6, 6.07) is 0.